The number of urea groups is 1. The van der Waals surface area contributed by atoms with Gasteiger partial charge in [-0.1, -0.05) is 25.1 Å². The zero-order chi connectivity index (χ0) is 13.8. The summed E-state index contributed by atoms with van der Waals surface area (Å²) in [5.41, 5.74) is -0.506. The molecule has 0 aromatic heterocycles. The maximum Gasteiger partial charge on any atom is 0.337 e. The highest BCUT2D eigenvalue weighted by Gasteiger charge is 2.69. The van der Waals surface area contributed by atoms with E-state index in [0.717, 1.165) is 9.80 Å². The molecule has 0 N–H and O–H groups in total. The summed E-state index contributed by atoms with van der Waals surface area (Å²) in [6.07, 6.45) is 0.519. The molecule has 2 fully saturated rings. The number of rotatable bonds is 1. The molecular weight excluding hydrogens is 244 g/mol. The van der Waals surface area contributed by atoms with Crippen molar-refractivity contribution in [3.8, 4) is 0 Å². The van der Waals surface area contributed by atoms with E-state index in [9.17, 15) is 14.4 Å². The largest absolute Gasteiger partial charge is 0.337 e. The summed E-state index contributed by atoms with van der Waals surface area (Å²) in [4.78, 5) is 39.1. The van der Waals surface area contributed by atoms with Crippen LogP contribution >= 0.6 is 0 Å². The second-order valence-electron chi connectivity index (χ2n) is 5.20. The van der Waals surface area contributed by atoms with Crippen molar-refractivity contribution in [2.75, 3.05) is 11.9 Å². The number of imide groups is 2. The van der Waals surface area contributed by atoms with Crippen LogP contribution in [0.3, 0.4) is 0 Å². The molecule has 2 unspecified atom stereocenters. The monoisotopic (exact) mass is 258 g/mol. The summed E-state index contributed by atoms with van der Waals surface area (Å²) in [5.74, 6) is -0.768. The Morgan fingerprint density at radius 3 is 2.21 bits per heavy atom. The first kappa shape index (κ1) is 11.9. The van der Waals surface area contributed by atoms with Crippen molar-refractivity contribution in [3.05, 3.63) is 30.3 Å². The molecule has 98 valence electrons. The van der Waals surface area contributed by atoms with Gasteiger partial charge in [0.15, 0.2) is 0 Å². The number of carbonyl (C=O) groups is 3. The summed E-state index contributed by atoms with van der Waals surface area (Å²) in [6.45, 7) is 1.86. The molecule has 1 aromatic rings. The molecule has 19 heavy (non-hydrogen) atoms. The van der Waals surface area contributed by atoms with E-state index in [0.29, 0.717) is 12.1 Å². The van der Waals surface area contributed by atoms with E-state index in [4.69, 9.17) is 0 Å². The molecule has 3 rings (SSSR count). The molecule has 4 amide bonds. The third-order valence-electron chi connectivity index (χ3n) is 4.07. The molecule has 0 bridgehead atoms. The predicted molar refractivity (Wildman–Crippen MR) is 68.3 cm³/mol. The van der Waals surface area contributed by atoms with Gasteiger partial charge in [0.05, 0.1) is 5.69 Å². The summed E-state index contributed by atoms with van der Waals surface area (Å²) < 4.78 is 0. The van der Waals surface area contributed by atoms with E-state index in [2.05, 4.69) is 0 Å². The average molecular weight is 258 g/mol. The lowest BCUT2D eigenvalue weighted by Crippen LogP contribution is -2.60. The smallest absolute Gasteiger partial charge is 0.273 e. The Kier molecular flexibility index (Phi) is 2.29. The first-order valence-electron chi connectivity index (χ1n) is 6.22. The Labute approximate surface area is 110 Å². The SMILES string of the molecule is CC1CC12C(=O)N(C)C(=O)N(c1ccccc1)C2=O. The third kappa shape index (κ3) is 1.38. The molecule has 5 nitrogen and oxygen atoms in total. The van der Waals surface area contributed by atoms with Crippen LogP contribution in [-0.2, 0) is 9.59 Å². The van der Waals surface area contributed by atoms with Gasteiger partial charge in [0.2, 0.25) is 5.91 Å². The van der Waals surface area contributed by atoms with Crippen LogP contribution in [0.25, 0.3) is 0 Å². The number of benzene rings is 1. The third-order valence-corrected chi connectivity index (χ3v) is 4.07. The predicted octanol–water partition coefficient (Wildman–Crippen LogP) is 1.64. The first-order chi connectivity index (χ1) is 9.00. The van der Waals surface area contributed by atoms with Gasteiger partial charge in [0, 0.05) is 7.05 Å². The molecule has 2 aliphatic rings. The maximum atomic E-state index is 12.5. The number of nitrogens with zero attached hydrogens (tertiary/aromatic N) is 2. The van der Waals surface area contributed by atoms with E-state index in [1.54, 1.807) is 24.3 Å². The number of para-hydroxylation sites is 1. The number of hydrogen-bond donors (Lipinski definition) is 0. The fraction of sp³-hybridized carbons (Fsp3) is 0.357. The van der Waals surface area contributed by atoms with Gasteiger partial charge in [-0.05, 0) is 24.5 Å². The average Bonchev–Trinajstić information content (AvgIpc) is 3.09. The number of barbiturate groups is 1. The number of carbonyl (C=O) groups excluding carboxylic acids is 3. The fourth-order valence-electron chi connectivity index (χ4n) is 2.74. The van der Waals surface area contributed by atoms with E-state index in [1.165, 1.54) is 7.05 Å². The highest BCUT2D eigenvalue weighted by atomic mass is 16.2. The van der Waals surface area contributed by atoms with Crippen molar-refractivity contribution in [2.45, 2.75) is 13.3 Å². The molecular formula is C14H14N2O3. The second kappa shape index (κ2) is 3.66. The summed E-state index contributed by atoms with van der Waals surface area (Å²) in [5, 5.41) is 0. The fourth-order valence-corrected chi connectivity index (χ4v) is 2.74. The Morgan fingerprint density at radius 1 is 1.11 bits per heavy atom. The Hall–Kier alpha value is -2.17. The Bertz CT molecular complexity index is 584. The summed E-state index contributed by atoms with van der Waals surface area (Å²) >= 11 is 0. The van der Waals surface area contributed by atoms with Gasteiger partial charge in [0.25, 0.3) is 5.91 Å². The minimum Gasteiger partial charge on any atom is -0.273 e. The van der Waals surface area contributed by atoms with Gasteiger partial charge in [-0.2, -0.15) is 0 Å². The number of amides is 4. The van der Waals surface area contributed by atoms with Gasteiger partial charge in [-0.15, -0.1) is 0 Å². The van der Waals surface area contributed by atoms with Crippen molar-refractivity contribution in [1.29, 1.82) is 0 Å². The molecule has 1 aromatic carbocycles. The van der Waals surface area contributed by atoms with E-state index >= 15 is 0 Å². The summed E-state index contributed by atoms with van der Waals surface area (Å²) in [7, 11) is 1.43. The molecule has 1 aliphatic heterocycles. The van der Waals surface area contributed by atoms with E-state index in [-0.39, 0.29) is 17.7 Å². The summed E-state index contributed by atoms with van der Waals surface area (Å²) in [6, 6.07) is 8.14. The van der Waals surface area contributed by atoms with Crippen molar-refractivity contribution in [3.63, 3.8) is 0 Å². The highest BCUT2D eigenvalue weighted by molar-refractivity contribution is 6.31. The maximum absolute atomic E-state index is 12.5. The molecule has 1 saturated heterocycles. The van der Waals surface area contributed by atoms with Crippen LogP contribution in [0.4, 0.5) is 10.5 Å². The standard InChI is InChI=1S/C14H14N2O3/c1-9-8-14(9)11(17)15(2)13(19)16(12(14)18)10-6-4-3-5-7-10/h3-7,9H,8H2,1-2H3. The van der Waals surface area contributed by atoms with Crippen molar-refractivity contribution >= 4 is 23.5 Å². The Balaban J connectivity index is 2.08. The topological polar surface area (TPSA) is 57.7 Å². The normalized spacial score (nSPS) is 30.2. The van der Waals surface area contributed by atoms with Gasteiger partial charge < -0.3 is 0 Å². The van der Waals surface area contributed by atoms with Crippen LogP contribution < -0.4 is 4.90 Å². The van der Waals surface area contributed by atoms with Gasteiger partial charge in [-0.25, -0.2) is 9.69 Å². The van der Waals surface area contributed by atoms with Crippen molar-refractivity contribution in [2.24, 2.45) is 11.3 Å². The zero-order valence-electron chi connectivity index (χ0n) is 10.8. The van der Waals surface area contributed by atoms with E-state index in [1.807, 2.05) is 13.0 Å². The lowest BCUT2D eigenvalue weighted by atomic mass is 9.97. The zero-order valence-corrected chi connectivity index (χ0v) is 10.8. The van der Waals surface area contributed by atoms with Crippen LogP contribution in [0.5, 0.6) is 0 Å². The lowest BCUT2D eigenvalue weighted by Gasteiger charge is -2.35. The second-order valence-corrected chi connectivity index (χ2v) is 5.20. The van der Waals surface area contributed by atoms with Crippen LogP contribution in [0.15, 0.2) is 30.3 Å². The van der Waals surface area contributed by atoms with Crippen LogP contribution in [0.1, 0.15) is 13.3 Å². The highest BCUT2D eigenvalue weighted by Crippen LogP contribution is 2.56. The van der Waals surface area contributed by atoms with E-state index < -0.39 is 11.4 Å². The van der Waals surface area contributed by atoms with Crippen molar-refractivity contribution < 1.29 is 14.4 Å². The van der Waals surface area contributed by atoms with Crippen LogP contribution in [-0.4, -0.2) is 29.8 Å². The van der Waals surface area contributed by atoms with Crippen LogP contribution in [0.2, 0.25) is 0 Å². The van der Waals surface area contributed by atoms with Gasteiger partial charge >= 0.3 is 6.03 Å². The quantitative estimate of drug-likeness (QED) is 0.719. The Morgan fingerprint density at radius 2 is 1.68 bits per heavy atom. The first-order valence-corrected chi connectivity index (χ1v) is 6.22. The molecule has 2 atom stereocenters. The number of anilines is 1. The minimum absolute atomic E-state index is 0.00531. The molecule has 1 saturated carbocycles. The van der Waals surface area contributed by atoms with Crippen molar-refractivity contribution in [1.82, 2.24) is 4.90 Å². The molecule has 1 spiro atoms. The molecule has 0 radical (unpaired) electrons. The van der Waals surface area contributed by atoms with Gasteiger partial charge in [-0.3, -0.25) is 14.5 Å². The minimum atomic E-state index is -1.02. The molecule has 1 heterocycles. The lowest BCUT2D eigenvalue weighted by molar-refractivity contribution is -0.142. The van der Waals surface area contributed by atoms with Gasteiger partial charge in [0.1, 0.15) is 5.41 Å². The molecule has 1 aliphatic carbocycles. The van der Waals surface area contributed by atoms with Crippen LogP contribution in [0, 0.1) is 11.3 Å². The molecule has 5 heteroatoms. The number of hydrogen-bond acceptors (Lipinski definition) is 3.